The first kappa shape index (κ1) is 20.4. The Balaban J connectivity index is 2.01. The van der Waals surface area contributed by atoms with E-state index >= 15 is 0 Å². The van der Waals surface area contributed by atoms with Crippen molar-refractivity contribution in [2.75, 3.05) is 7.11 Å². The number of carbonyl (C=O) groups excluding carboxylic acids is 3. The van der Waals surface area contributed by atoms with Gasteiger partial charge in [-0.25, -0.2) is 9.78 Å². The fourth-order valence-electron chi connectivity index (χ4n) is 2.27. The van der Waals surface area contributed by atoms with Crippen molar-refractivity contribution in [2.24, 2.45) is 11.7 Å². The normalized spacial score (nSPS) is 11.7. The number of ether oxygens (including phenoxy) is 2. The second kappa shape index (κ2) is 9.13. The lowest BCUT2D eigenvalue weighted by Crippen LogP contribution is -2.45. The van der Waals surface area contributed by atoms with Crippen molar-refractivity contribution < 1.29 is 23.9 Å². The average molecular weight is 391 g/mol. The van der Waals surface area contributed by atoms with Crippen LogP contribution < -0.4 is 15.8 Å². The van der Waals surface area contributed by atoms with Crippen LogP contribution in [-0.4, -0.2) is 36.1 Å². The van der Waals surface area contributed by atoms with Crippen molar-refractivity contribution in [3.05, 3.63) is 35.3 Å². The van der Waals surface area contributed by atoms with Crippen LogP contribution in [0.5, 0.6) is 5.75 Å². The van der Waals surface area contributed by atoms with Gasteiger partial charge in [-0.2, -0.15) is 0 Å². The number of nitrogens with zero attached hydrogens (tertiary/aromatic N) is 1. The van der Waals surface area contributed by atoms with Crippen LogP contribution in [0.1, 0.15) is 19.5 Å². The summed E-state index contributed by atoms with van der Waals surface area (Å²) in [6.45, 7) is 3.40. The molecule has 0 aliphatic heterocycles. The number of urea groups is 1. The monoisotopic (exact) mass is 391 g/mol. The molecule has 0 fully saturated rings. The Labute approximate surface area is 160 Å². The van der Waals surface area contributed by atoms with Gasteiger partial charge in [-0.3, -0.25) is 14.9 Å². The number of hydrogen-bond acceptors (Lipinski definition) is 7. The molecular formula is C18H21N3O5S. The minimum atomic E-state index is -1.11. The highest BCUT2D eigenvalue weighted by Gasteiger charge is 2.27. The van der Waals surface area contributed by atoms with Crippen molar-refractivity contribution in [1.82, 2.24) is 10.3 Å². The largest absolute Gasteiger partial charge is 0.497 e. The van der Waals surface area contributed by atoms with Gasteiger partial charge in [-0.1, -0.05) is 13.8 Å². The third-order valence-corrected chi connectivity index (χ3v) is 4.52. The molecule has 0 saturated heterocycles. The second-order valence-electron chi connectivity index (χ2n) is 6.06. The van der Waals surface area contributed by atoms with Gasteiger partial charge in [0.25, 0.3) is 5.91 Å². The van der Waals surface area contributed by atoms with Crippen LogP contribution in [-0.2, 0) is 20.7 Å². The molecule has 1 aromatic carbocycles. The summed E-state index contributed by atoms with van der Waals surface area (Å²) in [5.41, 5.74) is 6.37. The van der Waals surface area contributed by atoms with E-state index in [0.29, 0.717) is 5.69 Å². The lowest BCUT2D eigenvalue weighted by molar-refractivity contribution is -0.157. The van der Waals surface area contributed by atoms with Gasteiger partial charge in [0, 0.05) is 10.9 Å². The predicted octanol–water partition coefficient (Wildman–Crippen LogP) is 2.12. The number of esters is 1. The molecule has 9 heteroatoms. The van der Waals surface area contributed by atoms with Crippen molar-refractivity contribution in [1.29, 1.82) is 0 Å². The molecule has 0 aliphatic rings. The molecule has 0 unspecified atom stereocenters. The minimum absolute atomic E-state index is 0.0836. The molecule has 0 aliphatic carbocycles. The summed E-state index contributed by atoms with van der Waals surface area (Å²) < 4.78 is 10.3. The second-order valence-corrected chi connectivity index (χ2v) is 6.92. The first-order valence-electron chi connectivity index (χ1n) is 8.18. The molecule has 1 heterocycles. The zero-order valence-electron chi connectivity index (χ0n) is 15.2. The molecule has 0 spiro atoms. The third-order valence-electron chi connectivity index (χ3n) is 3.58. The van der Waals surface area contributed by atoms with Gasteiger partial charge in [0.1, 0.15) is 10.8 Å². The quantitative estimate of drug-likeness (QED) is 0.698. The lowest BCUT2D eigenvalue weighted by atomic mass is 10.1. The van der Waals surface area contributed by atoms with Crippen LogP contribution in [0.4, 0.5) is 4.79 Å². The molecule has 0 saturated carbocycles. The number of aromatic nitrogens is 1. The van der Waals surface area contributed by atoms with Gasteiger partial charge in [0.2, 0.25) is 0 Å². The van der Waals surface area contributed by atoms with E-state index in [4.69, 9.17) is 15.2 Å². The van der Waals surface area contributed by atoms with E-state index in [2.05, 4.69) is 4.98 Å². The Morgan fingerprint density at radius 3 is 2.44 bits per heavy atom. The van der Waals surface area contributed by atoms with Gasteiger partial charge < -0.3 is 15.2 Å². The van der Waals surface area contributed by atoms with E-state index in [0.717, 1.165) is 16.3 Å². The van der Waals surface area contributed by atoms with Crippen LogP contribution in [0.15, 0.2) is 29.6 Å². The van der Waals surface area contributed by atoms with Crippen LogP contribution in [0.3, 0.4) is 0 Å². The van der Waals surface area contributed by atoms with Gasteiger partial charge in [0.05, 0.1) is 19.2 Å². The fraction of sp³-hybridized carbons (Fsp3) is 0.333. The molecular weight excluding hydrogens is 370 g/mol. The number of nitrogens with two attached hydrogens (primary N) is 1. The zero-order chi connectivity index (χ0) is 20.0. The van der Waals surface area contributed by atoms with Crippen molar-refractivity contribution in [3.8, 4) is 16.3 Å². The van der Waals surface area contributed by atoms with Crippen LogP contribution in [0.2, 0.25) is 0 Å². The van der Waals surface area contributed by atoms with Crippen molar-refractivity contribution >= 4 is 29.2 Å². The first-order chi connectivity index (χ1) is 12.8. The smallest absolute Gasteiger partial charge is 0.318 e. The van der Waals surface area contributed by atoms with Crippen molar-refractivity contribution in [2.45, 2.75) is 26.4 Å². The average Bonchev–Trinajstić information content (AvgIpc) is 3.07. The molecule has 8 nitrogen and oxygen atoms in total. The number of carbonyl (C=O) groups is 3. The Kier molecular flexibility index (Phi) is 6.89. The number of rotatable bonds is 7. The van der Waals surface area contributed by atoms with E-state index in [9.17, 15) is 14.4 Å². The van der Waals surface area contributed by atoms with Gasteiger partial charge in [0.15, 0.2) is 6.10 Å². The van der Waals surface area contributed by atoms with Gasteiger partial charge >= 0.3 is 12.0 Å². The summed E-state index contributed by atoms with van der Waals surface area (Å²) in [4.78, 5) is 39.3. The van der Waals surface area contributed by atoms with Crippen LogP contribution in [0, 0.1) is 5.92 Å². The summed E-state index contributed by atoms with van der Waals surface area (Å²) in [5.74, 6) is -0.936. The maximum absolute atomic E-state index is 12.2. The van der Waals surface area contributed by atoms with E-state index in [1.807, 2.05) is 29.6 Å². The first-order valence-corrected chi connectivity index (χ1v) is 9.06. The van der Waals surface area contributed by atoms with Crippen molar-refractivity contribution in [3.63, 3.8) is 0 Å². The van der Waals surface area contributed by atoms with Gasteiger partial charge in [-0.15, -0.1) is 11.3 Å². The zero-order valence-corrected chi connectivity index (χ0v) is 16.0. The third kappa shape index (κ3) is 5.78. The Hall–Kier alpha value is -2.94. The summed E-state index contributed by atoms with van der Waals surface area (Å²) in [6, 6.07) is 6.42. The topological polar surface area (TPSA) is 121 Å². The highest BCUT2D eigenvalue weighted by molar-refractivity contribution is 7.13. The summed E-state index contributed by atoms with van der Waals surface area (Å²) >= 11 is 1.40. The Bertz CT molecular complexity index is 817. The Morgan fingerprint density at radius 1 is 1.22 bits per heavy atom. The molecule has 2 rings (SSSR count). The summed E-state index contributed by atoms with van der Waals surface area (Å²) in [5, 5.41) is 4.44. The van der Waals surface area contributed by atoms with Crippen LogP contribution in [0.25, 0.3) is 10.6 Å². The molecule has 1 atom stereocenters. The van der Waals surface area contributed by atoms with Gasteiger partial charge in [-0.05, 0) is 30.2 Å². The molecule has 3 amide bonds. The number of thiazole rings is 1. The highest BCUT2D eigenvalue weighted by Crippen LogP contribution is 2.26. The molecule has 3 N–H and O–H groups in total. The standard InChI is InChI=1S/C18H21N3O5S/c1-10(2)15(16(23)21-18(19)24)26-14(22)8-12-9-27-17(20-12)11-4-6-13(25-3)7-5-11/h4-7,9-10,15H,8H2,1-3H3,(H3,19,21,23,24)/t15-/m1/s1. The minimum Gasteiger partial charge on any atom is -0.497 e. The Morgan fingerprint density at radius 2 is 1.89 bits per heavy atom. The van der Waals surface area contributed by atoms with E-state index in [1.165, 1.54) is 11.3 Å². The maximum atomic E-state index is 12.2. The molecule has 0 radical (unpaired) electrons. The number of methoxy groups -OCH3 is 1. The SMILES string of the molecule is COc1ccc(-c2nc(CC(=O)O[C@@H](C(=O)NC(N)=O)C(C)C)cs2)cc1. The van der Waals surface area contributed by atoms with E-state index in [-0.39, 0.29) is 12.3 Å². The molecule has 0 bridgehead atoms. The van der Waals surface area contributed by atoms with Crippen LogP contribution >= 0.6 is 11.3 Å². The number of benzene rings is 1. The summed E-state index contributed by atoms with van der Waals surface area (Å²) in [6.07, 6.45) is -1.19. The number of imide groups is 1. The number of amides is 3. The van der Waals surface area contributed by atoms with E-state index < -0.39 is 24.0 Å². The number of nitrogens with one attached hydrogen (secondary N) is 1. The number of hydrogen-bond donors (Lipinski definition) is 2. The molecule has 1 aromatic heterocycles. The maximum Gasteiger partial charge on any atom is 0.318 e. The predicted molar refractivity (Wildman–Crippen MR) is 100 cm³/mol. The highest BCUT2D eigenvalue weighted by atomic mass is 32.1. The summed E-state index contributed by atoms with van der Waals surface area (Å²) in [7, 11) is 1.59. The fourth-order valence-corrected chi connectivity index (χ4v) is 3.10. The molecule has 27 heavy (non-hydrogen) atoms. The number of primary amides is 1. The van der Waals surface area contributed by atoms with E-state index in [1.54, 1.807) is 26.3 Å². The lowest BCUT2D eigenvalue weighted by Gasteiger charge is -2.19. The molecule has 2 aromatic rings. The molecule has 144 valence electrons.